The molecule has 34 heavy (non-hydrogen) atoms. The number of benzene rings is 2. The zero-order valence-electron chi connectivity index (χ0n) is 20.0. The Bertz CT molecular complexity index is 1400. The molecule has 1 fully saturated rings. The van der Waals surface area contributed by atoms with Gasteiger partial charge in [-0.1, -0.05) is 35.5 Å². The van der Waals surface area contributed by atoms with E-state index < -0.39 is 11.7 Å². The van der Waals surface area contributed by atoms with E-state index in [0.717, 1.165) is 24.0 Å². The zero-order chi connectivity index (χ0) is 24.2. The smallest absolute Gasteiger partial charge is 0.420 e. The molecule has 174 valence electrons. The molecule has 1 saturated carbocycles. The summed E-state index contributed by atoms with van der Waals surface area (Å²) in [7, 11) is 0. The van der Waals surface area contributed by atoms with E-state index in [0.29, 0.717) is 39.4 Å². The Morgan fingerprint density at radius 3 is 2.38 bits per heavy atom. The van der Waals surface area contributed by atoms with Crippen LogP contribution in [-0.4, -0.2) is 32.2 Å². The number of nitrogens with zero attached hydrogens (tertiary/aromatic N) is 3. The van der Waals surface area contributed by atoms with Crippen molar-refractivity contribution in [1.82, 2.24) is 14.7 Å². The number of fused-ring (bicyclic) bond motifs is 1. The molecule has 0 spiro atoms. The number of aromatic nitrogens is 3. The Morgan fingerprint density at radius 1 is 1.09 bits per heavy atom. The molecule has 1 aliphatic rings. The lowest BCUT2D eigenvalue weighted by atomic mass is 9.96. The Labute approximate surface area is 197 Å². The van der Waals surface area contributed by atoms with Crippen LogP contribution in [-0.2, 0) is 4.74 Å². The van der Waals surface area contributed by atoms with E-state index in [1.54, 1.807) is 16.7 Å². The maximum Gasteiger partial charge on any atom is 0.420 e. The fourth-order valence-corrected chi connectivity index (χ4v) is 4.27. The van der Waals surface area contributed by atoms with Gasteiger partial charge in [0.2, 0.25) is 0 Å². The van der Waals surface area contributed by atoms with Gasteiger partial charge in [0.25, 0.3) is 0 Å². The molecule has 7 heteroatoms. The predicted octanol–water partition coefficient (Wildman–Crippen LogP) is 6.20. The molecule has 0 unspecified atom stereocenters. The summed E-state index contributed by atoms with van der Waals surface area (Å²) in [5.41, 5.74) is 3.62. The molecule has 2 aromatic heterocycles. The minimum absolute atomic E-state index is 0.157. The average molecular weight is 458 g/mol. The molecule has 7 nitrogen and oxygen atoms in total. The van der Waals surface area contributed by atoms with Gasteiger partial charge in [0.15, 0.2) is 5.78 Å². The SMILES string of the molecule is Cc1noc(C)c1-c1cc(C(=O)c2ccccc2)c2nc(C3CC3)n(C(=O)OC(C)(C)C)c2c1. The first-order chi connectivity index (χ1) is 16.1. The van der Waals surface area contributed by atoms with Gasteiger partial charge in [0.1, 0.15) is 22.7 Å². The van der Waals surface area contributed by atoms with Crippen LogP contribution in [0.25, 0.3) is 22.2 Å². The highest BCUT2D eigenvalue weighted by Gasteiger charge is 2.35. The Morgan fingerprint density at radius 2 is 1.79 bits per heavy atom. The van der Waals surface area contributed by atoms with Crippen LogP contribution in [0.1, 0.15) is 72.7 Å². The number of aryl methyl sites for hydroxylation is 2. The van der Waals surface area contributed by atoms with E-state index in [2.05, 4.69) is 5.16 Å². The maximum atomic E-state index is 13.7. The van der Waals surface area contributed by atoms with Gasteiger partial charge in [-0.3, -0.25) is 4.79 Å². The van der Waals surface area contributed by atoms with Gasteiger partial charge in [-0.25, -0.2) is 14.3 Å². The van der Waals surface area contributed by atoms with Gasteiger partial charge in [-0.05, 0) is 65.2 Å². The molecule has 0 amide bonds. The lowest BCUT2D eigenvalue weighted by Crippen LogP contribution is -2.28. The maximum absolute atomic E-state index is 13.7. The molecular formula is C27H27N3O4. The van der Waals surface area contributed by atoms with Gasteiger partial charge < -0.3 is 9.26 Å². The van der Waals surface area contributed by atoms with E-state index in [4.69, 9.17) is 14.2 Å². The van der Waals surface area contributed by atoms with Gasteiger partial charge >= 0.3 is 6.09 Å². The monoisotopic (exact) mass is 457 g/mol. The number of carbonyl (C=O) groups is 2. The van der Waals surface area contributed by atoms with Crippen molar-refractivity contribution in [1.29, 1.82) is 0 Å². The van der Waals surface area contributed by atoms with Crippen LogP contribution < -0.4 is 0 Å². The predicted molar refractivity (Wildman–Crippen MR) is 128 cm³/mol. The van der Waals surface area contributed by atoms with Crippen molar-refractivity contribution in [2.75, 3.05) is 0 Å². The lowest BCUT2D eigenvalue weighted by Gasteiger charge is -2.20. The van der Waals surface area contributed by atoms with Crippen molar-refractivity contribution in [3.8, 4) is 11.1 Å². The summed E-state index contributed by atoms with van der Waals surface area (Å²) in [6.07, 6.45) is 1.40. The summed E-state index contributed by atoms with van der Waals surface area (Å²) in [5.74, 6) is 1.29. The highest BCUT2D eigenvalue weighted by atomic mass is 16.6. The van der Waals surface area contributed by atoms with E-state index in [-0.39, 0.29) is 11.7 Å². The van der Waals surface area contributed by atoms with Crippen LogP contribution in [0.15, 0.2) is 47.0 Å². The third kappa shape index (κ3) is 3.91. The van der Waals surface area contributed by atoms with Gasteiger partial charge in [-0.15, -0.1) is 0 Å². The summed E-state index contributed by atoms with van der Waals surface area (Å²) in [5, 5.41) is 4.08. The van der Waals surface area contributed by atoms with Crippen molar-refractivity contribution in [3.05, 3.63) is 70.9 Å². The summed E-state index contributed by atoms with van der Waals surface area (Å²) in [6.45, 7) is 9.19. The number of rotatable bonds is 4. The quantitative estimate of drug-likeness (QED) is 0.339. The van der Waals surface area contributed by atoms with Crippen LogP contribution in [0, 0.1) is 13.8 Å². The molecule has 0 atom stereocenters. The number of hydrogen-bond acceptors (Lipinski definition) is 6. The Balaban J connectivity index is 1.81. The molecule has 0 saturated heterocycles. The molecule has 0 radical (unpaired) electrons. The van der Waals surface area contributed by atoms with Crippen LogP contribution in [0.3, 0.4) is 0 Å². The van der Waals surface area contributed by atoms with Gasteiger partial charge in [0.05, 0.1) is 16.8 Å². The molecule has 2 aromatic carbocycles. The summed E-state index contributed by atoms with van der Waals surface area (Å²) >= 11 is 0. The van der Waals surface area contributed by atoms with E-state index >= 15 is 0 Å². The van der Waals surface area contributed by atoms with Gasteiger partial charge in [0, 0.05) is 17.0 Å². The molecule has 1 aliphatic carbocycles. The largest absolute Gasteiger partial charge is 0.443 e. The zero-order valence-corrected chi connectivity index (χ0v) is 20.0. The van der Waals surface area contributed by atoms with Crippen molar-refractivity contribution in [2.24, 2.45) is 0 Å². The molecule has 2 heterocycles. The number of ether oxygens (including phenoxy) is 1. The third-order valence-electron chi connectivity index (χ3n) is 5.91. The standard InChI is InChI=1S/C27H27N3O4/c1-15-22(16(2)34-29-15)19-13-20(24(31)17-9-7-6-8-10-17)23-21(14-19)30(25(28-23)18-11-12-18)26(32)33-27(3,4)5/h6-10,13-14,18H,11-12H2,1-5H3. The van der Waals surface area contributed by atoms with E-state index in [9.17, 15) is 9.59 Å². The lowest BCUT2D eigenvalue weighted by molar-refractivity contribution is 0.0538. The molecular weight excluding hydrogens is 430 g/mol. The first-order valence-corrected chi connectivity index (χ1v) is 11.5. The first-order valence-electron chi connectivity index (χ1n) is 11.5. The summed E-state index contributed by atoms with van der Waals surface area (Å²) in [6, 6.07) is 12.8. The fourth-order valence-electron chi connectivity index (χ4n) is 4.27. The van der Waals surface area contributed by atoms with Crippen LogP contribution in [0.2, 0.25) is 0 Å². The molecule has 0 N–H and O–H groups in total. The summed E-state index contributed by atoms with van der Waals surface area (Å²) in [4.78, 5) is 31.9. The topological polar surface area (TPSA) is 87.2 Å². The van der Waals surface area contributed by atoms with E-state index in [1.165, 1.54) is 0 Å². The molecule has 4 aromatic rings. The number of hydrogen-bond donors (Lipinski definition) is 0. The molecule has 0 bridgehead atoms. The third-order valence-corrected chi connectivity index (χ3v) is 5.91. The highest BCUT2D eigenvalue weighted by Crippen LogP contribution is 2.42. The second-order valence-electron chi connectivity index (χ2n) is 9.85. The number of ketones is 1. The van der Waals surface area contributed by atoms with Crippen LogP contribution in [0.5, 0.6) is 0 Å². The highest BCUT2D eigenvalue weighted by molar-refractivity contribution is 6.16. The van der Waals surface area contributed by atoms with Crippen molar-refractivity contribution >= 4 is 22.9 Å². The second kappa shape index (κ2) is 7.94. The minimum atomic E-state index is -0.670. The number of imidazole rings is 1. The van der Waals surface area contributed by atoms with Crippen molar-refractivity contribution in [2.45, 2.75) is 59.0 Å². The average Bonchev–Trinajstić information content (AvgIpc) is 3.48. The second-order valence-corrected chi connectivity index (χ2v) is 9.85. The van der Waals surface area contributed by atoms with Crippen molar-refractivity contribution in [3.63, 3.8) is 0 Å². The van der Waals surface area contributed by atoms with Crippen LogP contribution >= 0.6 is 0 Å². The normalized spacial score (nSPS) is 13.9. The Hall–Kier alpha value is -3.74. The molecule has 5 rings (SSSR count). The number of carbonyl (C=O) groups excluding carboxylic acids is 2. The fraction of sp³-hybridized carbons (Fsp3) is 0.333. The van der Waals surface area contributed by atoms with Crippen molar-refractivity contribution < 1.29 is 18.8 Å². The Kier molecular flexibility index (Phi) is 5.15. The molecule has 0 aliphatic heterocycles. The minimum Gasteiger partial charge on any atom is -0.443 e. The van der Waals surface area contributed by atoms with Gasteiger partial charge in [-0.2, -0.15) is 0 Å². The van der Waals surface area contributed by atoms with Crippen LogP contribution in [0.4, 0.5) is 4.79 Å². The first kappa shape index (κ1) is 22.1. The summed E-state index contributed by atoms with van der Waals surface area (Å²) < 4.78 is 12.7. The van der Waals surface area contributed by atoms with E-state index in [1.807, 2.05) is 65.0 Å².